The van der Waals surface area contributed by atoms with Crippen LogP contribution in [-0.2, 0) is 11.2 Å². The van der Waals surface area contributed by atoms with Gasteiger partial charge in [0.05, 0.1) is 7.11 Å². The number of nitrogens with two attached hydrogens (primary N) is 1. The second-order valence-corrected chi connectivity index (χ2v) is 5.12. The molecule has 5 nitrogen and oxygen atoms in total. The summed E-state index contributed by atoms with van der Waals surface area (Å²) in [7, 11) is 1.58. The number of para-hydroxylation sites is 1. The fourth-order valence-electron chi connectivity index (χ4n) is 1.99. The van der Waals surface area contributed by atoms with E-state index in [0.29, 0.717) is 24.5 Å². The number of hydrogen-bond donors (Lipinski definition) is 2. The van der Waals surface area contributed by atoms with Crippen LogP contribution in [0.5, 0.6) is 11.5 Å². The molecule has 0 aromatic heterocycles. The maximum atomic E-state index is 11.7. The van der Waals surface area contributed by atoms with Gasteiger partial charge in [-0.15, -0.1) is 0 Å². The normalized spacial score (nSPS) is 11.8. The molecule has 0 spiro atoms. The highest BCUT2D eigenvalue weighted by Crippen LogP contribution is 2.31. The molecule has 0 aliphatic heterocycles. The third-order valence-corrected chi connectivity index (χ3v) is 3.02. The van der Waals surface area contributed by atoms with Gasteiger partial charge in [0.15, 0.2) is 18.1 Å². The number of ether oxygens (including phenoxy) is 2. The zero-order valence-corrected chi connectivity index (χ0v) is 13.1. The summed E-state index contributed by atoms with van der Waals surface area (Å²) in [5.74, 6) is 1.10. The number of carbonyl (C=O) groups is 1. The van der Waals surface area contributed by atoms with Crippen molar-refractivity contribution in [3.05, 3.63) is 23.8 Å². The summed E-state index contributed by atoms with van der Waals surface area (Å²) in [4.78, 5) is 11.7. The Hall–Kier alpha value is -1.75. The van der Waals surface area contributed by atoms with Crippen LogP contribution < -0.4 is 20.5 Å². The van der Waals surface area contributed by atoms with E-state index in [1.54, 1.807) is 7.11 Å². The highest BCUT2D eigenvalue weighted by Gasteiger charge is 2.13. The minimum absolute atomic E-state index is 0.0119. The Kier molecular flexibility index (Phi) is 7.61. The molecular weight excluding hydrogens is 268 g/mol. The quantitative estimate of drug-likeness (QED) is 0.682. The van der Waals surface area contributed by atoms with Gasteiger partial charge in [-0.05, 0) is 31.4 Å². The Bertz CT molecular complexity index is 447. The van der Waals surface area contributed by atoms with Gasteiger partial charge in [0.25, 0.3) is 5.91 Å². The summed E-state index contributed by atoms with van der Waals surface area (Å²) in [5.41, 5.74) is 6.80. The van der Waals surface area contributed by atoms with Crippen LogP contribution in [0, 0.1) is 0 Å². The van der Waals surface area contributed by atoms with Crippen LogP contribution in [0.3, 0.4) is 0 Å². The van der Waals surface area contributed by atoms with E-state index < -0.39 is 0 Å². The van der Waals surface area contributed by atoms with Gasteiger partial charge >= 0.3 is 0 Å². The molecule has 1 rings (SSSR count). The summed E-state index contributed by atoms with van der Waals surface area (Å²) in [5, 5.41) is 2.82. The monoisotopic (exact) mass is 294 g/mol. The number of nitrogens with one attached hydrogen (secondary N) is 1. The van der Waals surface area contributed by atoms with Crippen LogP contribution >= 0.6 is 0 Å². The lowest BCUT2D eigenvalue weighted by molar-refractivity contribution is -0.123. The SMILES string of the molecule is CCCCNC(=O)COc1c(CC(C)N)cccc1OC. The average molecular weight is 294 g/mol. The number of unbranched alkanes of at least 4 members (excludes halogenated alkanes) is 1. The predicted molar refractivity (Wildman–Crippen MR) is 83.8 cm³/mol. The van der Waals surface area contributed by atoms with E-state index in [0.717, 1.165) is 18.4 Å². The van der Waals surface area contributed by atoms with Crippen molar-refractivity contribution in [1.82, 2.24) is 5.32 Å². The van der Waals surface area contributed by atoms with Crippen molar-refractivity contribution >= 4 is 5.91 Å². The molecule has 1 atom stereocenters. The summed E-state index contributed by atoms with van der Waals surface area (Å²) < 4.78 is 11.0. The van der Waals surface area contributed by atoms with Crippen LogP contribution in [0.2, 0.25) is 0 Å². The van der Waals surface area contributed by atoms with E-state index in [1.807, 2.05) is 25.1 Å². The molecule has 1 amide bonds. The number of amides is 1. The van der Waals surface area contributed by atoms with Gasteiger partial charge in [0.1, 0.15) is 0 Å². The summed E-state index contributed by atoms with van der Waals surface area (Å²) >= 11 is 0. The maximum Gasteiger partial charge on any atom is 0.257 e. The second kappa shape index (κ2) is 9.23. The first-order valence-corrected chi connectivity index (χ1v) is 7.39. The average Bonchev–Trinajstić information content (AvgIpc) is 2.45. The van der Waals surface area contributed by atoms with Crippen molar-refractivity contribution in [1.29, 1.82) is 0 Å². The summed E-state index contributed by atoms with van der Waals surface area (Å²) in [6.45, 7) is 4.67. The third kappa shape index (κ3) is 6.04. The zero-order valence-electron chi connectivity index (χ0n) is 13.1. The topological polar surface area (TPSA) is 73.6 Å². The van der Waals surface area contributed by atoms with E-state index in [-0.39, 0.29) is 18.6 Å². The molecule has 21 heavy (non-hydrogen) atoms. The number of carbonyl (C=O) groups excluding carboxylic acids is 1. The first-order chi connectivity index (χ1) is 10.1. The molecule has 0 aliphatic carbocycles. The molecule has 1 aromatic carbocycles. The van der Waals surface area contributed by atoms with Gasteiger partial charge in [0.2, 0.25) is 0 Å². The number of hydrogen-bond acceptors (Lipinski definition) is 4. The fourth-order valence-corrected chi connectivity index (χ4v) is 1.99. The van der Waals surface area contributed by atoms with Crippen molar-refractivity contribution in [2.45, 2.75) is 39.2 Å². The molecular formula is C16H26N2O3. The minimum Gasteiger partial charge on any atom is -0.493 e. The molecule has 118 valence electrons. The van der Waals surface area contributed by atoms with E-state index in [4.69, 9.17) is 15.2 Å². The highest BCUT2D eigenvalue weighted by molar-refractivity contribution is 5.77. The fraction of sp³-hybridized carbons (Fsp3) is 0.562. The first kappa shape index (κ1) is 17.3. The molecule has 0 heterocycles. The Labute approximate surface area is 126 Å². The second-order valence-electron chi connectivity index (χ2n) is 5.12. The van der Waals surface area contributed by atoms with Crippen molar-refractivity contribution in [3.63, 3.8) is 0 Å². The zero-order chi connectivity index (χ0) is 15.7. The molecule has 0 fully saturated rings. The van der Waals surface area contributed by atoms with Crippen LogP contribution in [0.4, 0.5) is 0 Å². The molecule has 0 saturated carbocycles. The minimum atomic E-state index is -0.124. The highest BCUT2D eigenvalue weighted by atomic mass is 16.5. The molecule has 0 bridgehead atoms. The molecule has 5 heteroatoms. The summed E-state index contributed by atoms with van der Waals surface area (Å²) in [6, 6.07) is 5.66. The van der Waals surface area contributed by atoms with Crippen LogP contribution in [0.1, 0.15) is 32.3 Å². The van der Waals surface area contributed by atoms with Gasteiger partial charge in [-0.25, -0.2) is 0 Å². The number of benzene rings is 1. The Morgan fingerprint density at radius 2 is 2.19 bits per heavy atom. The van der Waals surface area contributed by atoms with E-state index in [1.165, 1.54) is 0 Å². The van der Waals surface area contributed by atoms with Crippen LogP contribution in [0.15, 0.2) is 18.2 Å². The molecule has 0 saturated heterocycles. The maximum absolute atomic E-state index is 11.7. The van der Waals surface area contributed by atoms with Crippen LogP contribution in [0.25, 0.3) is 0 Å². The largest absolute Gasteiger partial charge is 0.493 e. The summed E-state index contributed by atoms with van der Waals surface area (Å²) in [6.07, 6.45) is 2.69. The molecule has 0 aliphatic rings. The van der Waals surface area contributed by atoms with Crippen molar-refractivity contribution in [3.8, 4) is 11.5 Å². The van der Waals surface area contributed by atoms with Gasteiger partial charge in [-0.1, -0.05) is 25.5 Å². The Morgan fingerprint density at radius 1 is 1.43 bits per heavy atom. The Morgan fingerprint density at radius 3 is 2.81 bits per heavy atom. The van der Waals surface area contributed by atoms with E-state index in [2.05, 4.69) is 12.2 Å². The van der Waals surface area contributed by atoms with Gasteiger partial charge < -0.3 is 20.5 Å². The third-order valence-electron chi connectivity index (χ3n) is 3.02. The van der Waals surface area contributed by atoms with Crippen molar-refractivity contribution < 1.29 is 14.3 Å². The molecule has 1 aromatic rings. The first-order valence-electron chi connectivity index (χ1n) is 7.39. The Balaban J connectivity index is 2.69. The van der Waals surface area contributed by atoms with Crippen LogP contribution in [-0.4, -0.2) is 32.2 Å². The molecule has 0 radical (unpaired) electrons. The molecule has 3 N–H and O–H groups in total. The van der Waals surface area contributed by atoms with Gasteiger partial charge in [0, 0.05) is 12.6 Å². The van der Waals surface area contributed by atoms with Gasteiger partial charge in [-0.2, -0.15) is 0 Å². The lowest BCUT2D eigenvalue weighted by Crippen LogP contribution is -2.30. The lowest BCUT2D eigenvalue weighted by Gasteiger charge is -2.16. The van der Waals surface area contributed by atoms with E-state index in [9.17, 15) is 4.79 Å². The number of methoxy groups -OCH3 is 1. The predicted octanol–water partition coefficient (Wildman–Crippen LogP) is 1.88. The molecule has 1 unspecified atom stereocenters. The smallest absolute Gasteiger partial charge is 0.257 e. The van der Waals surface area contributed by atoms with E-state index >= 15 is 0 Å². The van der Waals surface area contributed by atoms with Crippen molar-refractivity contribution in [2.75, 3.05) is 20.3 Å². The standard InChI is InChI=1S/C16H26N2O3/c1-4-5-9-18-15(19)11-21-16-13(10-12(2)17)7-6-8-14(16)20-3/h6-8,12H,4-5,9-11,17H2,1-3H3,(H,18,19). The number of rotatable bonds is 9. The lowest BCUT2D eigenvalue weighted by atomic mass is 10.1. The van der Waals surface area contributed by atoms with Crippen molar-refractivity contribution in [2.24, 2.45) is 5.73 Å². The van der Waals surface area contributed by atoms with Gasteiger partial charge in [-0.3, -0.25) is 4.79 Å².